The second kappa shape index (κ2) is 15.8. The molecule has 0 atom stereocenters. The lowest BCUT2D eigenvalue weighted by Crippen LogP contribution is -2.47. The number of anilines is 1. The van der Waals surface area contributed by atoms with Gasteiger partial charge in [-0.25, -0.2) is 28.2 Å². The number of halogens is 2. The molecule has 0 radical (unpaired) electrons. The first-order valence-corrected chi connectivity index (χ1v) is 18.5. The van der Waals surface area contributed by atoms with Crippen LogP contribution in [0.25, 0.3) is 11.3 Å². The molecule has 0 bridgehead atoms. The highest BCUT2D eigenvalue weighted by atomic mass is 35.5. The summed E-state index contributed by atoms with van der Waals surface area (Å²) in [7, 11) is -1.33. The summed E-state index contributed by atoms with van der Waals surface area (Å²) in [6, 6.07) is 9.24. The average molecular weight is 707 g/mol. The van der Waals surface area contributed by atoms with Crippen LogP contribution < -0.4 is 9.64 Å². The fourth-order valence-electron chi connectivity index (χ4n) is 5.97. The molecule has 1 aromatic carbocycles. The van der Waals surface area contributed by atoms with E-state index in [-0.39, 0.29) is 5.75 Å². The Morgan fingerprint density at radius 1 is 0.979 bits per heavy atom. The van der Waals surface area contributed by atoms with Gasteiger partial charge in [0.15, 0.2) is 5.75 Å². The van der Waals surface area contributed by atoms with Crippen molar-refractivity contribution in [1.82, 2.24) is 29.7 Å². The Labute approximate surface area is 286 Å². The largest absolute Gasteiger partial charge is 0.465 e. The van der Waals surface area contributed by atoms with Crippen molar-refractivity contribution in [3.05, 3.63) is 58.3 Å². The van der Waals surface area contributed by atoms with E-state index < -0.39 is 15.9 Å². The number of likely N-dealkylation sites (tertiary alicyclic amines) is 1. The van der Waals surface area contributed by atoms with Crippen LogP contribution in [0.3, 0.4) is 0 Å². The molecular weight excluding hydrogens is 665 g/mol. The fraction of sp³-hybridized carbons (Fsp3) is 0.500. The van der Waals surface area contributed by atoms with Gasteiger partial charge in [-0.3, -0.25) is 9.80 Å². The fourth-order valence-corrected chi connectivity index (χ4v) is 7.15. The van der Waals surface area contributed by atoms with E-state index >= 15 is 0 Å². The number of pyridine rings is 1. The van der Waals surface area contributed by atoms with Crippen LogP contribution in [0.2, 0.25) is 10.0 Å². The molecule has 0 aliphatic carbocycles. The number of hydrogen-bond donors (Lipinski definition) is 1. The van der Waals surface area contributed by atoms with Crippen molar-refractivity contribution in [3.63, 3.8) is 0 Å². The van der Waals surface area contributed by atoms with Crippen molar-refractivity contribution in [3.8, 4) is 22.9 Å². The molecule has 0 unspecified atom stereocenters. The molecule has 2 aromatic heterocycles. The molecule has 3 aromatic rings. The Morgan fingerprint density at radius 3 is 2.26 bits per heavy atom. The number of amides is 1. The lowest BCUT2D eigenvalue weighted by molar-refractivity contribution is 0.126. The third kappa shape index (κ3) is 10.6. The SMILES string of the molecule is CN(CC1CCN(Cc2cc(Oc3cnc(N4CCN(CCCS(C)(=O)=O)CC4)nc3)nc(-c3cc(Cl)cc(Cl)c3)c2)CC1)C(=O)O. The maximum atomic E-state index is 11.4. The van der Waals surface area contributed by atoms with Crippen LogP contribution in [0.1, 0.15) is 24.8 Å². The number of piperazine rings is 1. The summed E-state index contributed by atoms with van der Waals surface area (Å²) in [5, 5.41) is 10.2. The average Bonchev–Trinajstić information content (AvgIpc) is 3.01. The molecule has 2 saturated heterocycles. The zero-order valence-corrected chi connectivity index (χ0v) is 29.0. The van der Waals surface area contributed by atoms with Crippen molar-refractivity contribution in [2.75, 3.05) is 76.3 Å². The Kier molecular flexibility index (Phi) is 11.8. The van der Waals surface area contributed by atoms with Gasteiger partial charge in [-0.1, -0.05) is 23.2 Å². The first-order valence-electron chi connectivity index (χ1n) is 15.7. The van der Waals surface area contributed by atoms with Crippen molar-refractivity contribution in [2.45, 2.75) is 25.8 Å². The maximum Gasteiger partial charge on any atom is 0.407 e. The number of carbonyl (C=O) groups is 1. The van der Waals surface area contributed by atoms with Gasteiger partial charge in [-0.2, -0.15) is 0 Å². The molecule has 4 heterocycles. The van der Waals surface area contributed by atoms with Gasteiger partial charge < -0.3 is 19.6 Å². The van der Waals surface area contributed by atoms with Crippen molar-refractivity contribution >= 4 is 45.1 Å². The third-order valence-electron chi connectivity index (χ3n) is 8.47. The summed E-state index contributed by atoms with van der Waals surface area (Å²) >= 11 is 12.6. The Hall–Kier alpha value is -3.23. The van der Waals surface area contributed by atoms with Crippen LogP contribution >= 0.6 is 23.2 Å². The van der Waals surface area contributed by atoms with Crippen LogP contribution in [0.15, 0.2) is 42.7 Å². The molecule has 15 heteroatoms. The number of hydrogen-bond acceptors (Lipinski definition) is 10. The number of sulfone groups is 1. The smallest absolute Gasteiger partial charge is 0.407 e. The lowest BCUT2D eigenvalue weighted by atomic mass is 9.96. The van der Waals surface area contributed by atoms with E-state index in [1.54, 1.807) is 25.5 Å². The van der Waals surface area contributed by atoms with Gasteiger partial charge in [0.2, 0.25) is 11.8 Å². The number of piperidine rings is 1. The molecule has 0 spiro atoms. The first kappa shape index (κ1) is 35.1. The van der Waals surface area contributed by atoms with Gasteiger partial charge in [0.05, 0.1) is 23.8 Å². The van der Waals surface area contributed by atoms with Crippen LogP contribution in [0.5, 0.6) is 11.6 Å². The maximum absolute atomic E-state index is 11.4. The van der Waals surface area contributed by atoms with Crippen LogP contribution in [0.4, 0.5) is 10.7 Å². The molecular formula is C32H41Cl2N7O5S. The van der Waals surface area contributed by atoms with Gasteiger partial charge in [0, 0.05) is 74.2 Å². The van der Waals surface area contributed by atoms with E-state index in [1.807, 2.05) is 24.3 Å². The zero-order chi connectivity index (χ0) is 33.6. The second-order valence-corrected chi connectivity index (χ2v) is 15.5. The van der Waals surface area contributed by atoms with E-state index in [9.17, 15) is 18.3 Å². The van der Waals surface area contributed by atoms with E-state index in [0.717, 1.165) is 69.8 Å². The molecule has 2 aliphatic heterocycles. The van der Waals surface area contributed by atoms with Gasteiger partial charge in [0.25, 0.3) is 0 Å². The minimum absolute atomic E-state index is 0.205. The Morgan fingerprint density at radius 2 is 1.64 bits per heavy atom. The van der Waals surface area contributed by atoms with Crippen LogP contribution in [-0.4, -0.2) is 121 Å². The number of ether oxygens (including phenoxy) is 1. The molecule has 5 rings (SSSR count). The molecule has 2 fully saturated rings. The summed E-state index contributed by atoms with van der Waals surface area (Å²) in [6.45, 7) is 6.83. The van der Waals surface area contributed by atoms with Gasteiger partial charge in [-0.15, -0.1) is 0 Å². The van der Waals surface area contributed by atoms with Gasteiger partial charge >= 0.3 is 6.09 Å². The number of benzene rings is 1. The quantitative estimate of drug-likeness (QED) is 0.273. The van der Waals surface area contributed by atoms with Gasteiger partial charge in [-0.05, 0) is 74.6 Å². The summed E-state index contributed by atoms with van der Waals surface area (Å²) in [5.74, 6) is 2.01. The highest BCUT2D eigenvalue weighted by Gasteiger charge is 2.23. The normalized spacial score (nSPS) is 16.7. The minimum Gasteiger partial charge on any atom is -0.465 e. The lowest BCUT2D eigenvalue weighted by Gasteiger charge is -2.34. The van der Waals surface area contributed by atoms with E-state index in [2.05, 4.69) is 24.7 Å². The van der Waals surface area contributed by atoms with Crippen LogP contribution in [0, 0.1) is 5.92 Å². The van der Waals surface area contributed by atoms with E-state index in [0.29, 0.717) is 58.7 Å². The molecule has 254 valence electrons. The van der Waals surface area contributed by atoms with Crippen molar-refractivity contribution in [1.29, 1.82) is 0 Å². The first-order chi connectivity index (χ1) is 22.4. The van der Waals surface area contributed by atoms with Crippen molar-refractivity contribution < 1.29 is 23.1 Å². The second-order valence-electron chi connectivity index (χ2n) is 12.4. The highest BCUT2D eigenvalue weighted by molar-refractivity contribution is 7.90. The van der Waals surface area contributed by atoms with E-state index in [1.165, 1.54) is 11.2 Å². The van der Waals surface area contributed by atoms with E-state index in [4.69, 9.17) is 32.9 Å². The molecule has 12 nitrogen and oxygen atoms in total. The Bertz CT molecular complexity index is 1610. The molecule has 2 aliphatic rings. The van der Waals surface area contributed by atoms with Gasteiger partial charge in [0.1, 0.15) is 9.84 Å². The Balaban J connectivity index is 1.24. The summed E-state index contributed by atoms with van der Waals surface area (Å²) in [5.41, 5.74) is 2.45. The highest BCUT2D eigenvalue weighted by Crippen LogP contribution is 2.31. The predicted molar refractivity (Wildman–Crippen MR) is 183 cm³/mol. The topological polar surface area (TPSA) is 132 Å². The monoisotopic (exact) mass is 705 g/mol. The number of rotatable bonds is 12. The number of nitrogens with zero attached hydrogens (tertiary/aromatic N) is 7. The predicted octanol–water partition coefficient (Wildman–Crippen LogP) is 5.02. The summed E-state index contributed by atoms with van der Waals surface area (Å²) in [4.78, 5) is 33.2. The summed E-state index contributed by atoms with van der Waals surface area (Å²) in [6.07, 6.45) is 6.13. The zero-order valence-electron chi connectivity index (χ0n) is 26.7. The van der Waals surface area contributed by atoms with Crippen molar-refractivity contribution in [2.24, 2.45) is 5.92 Å². The number of aromatic nitrogens is 3. The summed E-state index contributed by atoms with van der Waals surface area (Å²) < 4.78 is 29.0. The molecule has 1 amide bonds. The third-order valence-corrected chi connectivity index (χ3v) is 9.94. The standard InChI is InChI=1S/C32H41Cl2N7O5S/c1-38(32(42)43)21-23-4-7-40(8-5-23)22-24-14-29(25-16-26(33)18-27(34)17-25)37-30(15-24)46-28-19-35-31(36-20-28)41-11-9-39(10-12-41)6-3-13-47(2,44)45/h14-20,23H,3-13,21-22H2,1-2H3,(H,42,43). The van der Waals surface area contributed by atoms with Crippen LogP contribution in [-0.2, 0) is 16.4 Å². The minimum atomic E-state index is -2.95. The molecule has 1 N–H and O–H groups in total. The molecule has 0 saturated carbocycles. The molecule has 47 heavy (non-hydrogen) atoms. The number of carboxylic acid groups (broad SMARTS) is 1.